The number of anilines is 1. The number of rotatable bonds is 5. The molecule has 1 aliphatic heterocycles. The number of likely N-dealkylation sites (tertiary alicyclic amines) is 1. The van der Waals surface area contributed by atoms with Crippen molar-refractivity contribution < 1.29 is 9.59 Å². The molecule has 2 amide bonds. The van der Waals surface area contributed by atoms with Gasteiger partial charge < -0.3 is 14.8 Å². The zero-order valence-corrected chi connectivity index (χ0v) is 15.2. The van der Waals surface area contributed by atoms with Crippen molar-refractivity contribution in [2.24, 2.45) is 13.0 Å². The molecule has 134 valence electrons. The number of hydrogen-bond donors (Lipinski definition) is 1. The quantitative estimate of drug-likeness (QED) is 0.908. The van der Waals surface area contributed by atoms with E-state index in [2.05, 4.69) is 9.88 Å². The summed E-state index contributed by atoms with van der Waals surface area (Å²) in [4.78, 5) is 30.4. The van der Waals surface area contributed by atoms with Gasteiger partial charge in [-0.15, -0.1) is 0 Å². The molecule has 0 atom stereocenters. The second kappa shape index (κ2) is 7.25. The van der Waals surface area contributed by atoms with Crippen molar-refractivity contribution >= 4 is 28.5 Å². The summed E-state index contributed by atoms with van der Waals surface area (Å²) in [6.07, 6.45) is 3.51. The number of benzene rings is 1. The maximum Gasteiger partial charge on any atom is 0.226 e. The first-order valence-corrected chi connectivity index (χ1v) is 8.99. The third-order valence-electron chi connectivity index (χ3n) is 4.79. The molecule has 1 aromatic carbocycles. The highest BCUT2D eigenvalue weighted by molar-refractivity contribution is 5.94. The molecule has 1 N–H and O–H groups in total. The second-order valence-corrected chi connectivity index (χ2v) is 7.02. The highest BCUT2D eigenvalue weighted by Gasteiger charge is 2.18. The number of nitrogens with one attached hydrogen (secondary N) is 1. The van der Waals surface area contributed by atoms with Gasteiger partial charge in [-0.25, -0.2) is 4.98 Å². The third-order valence-corrected chi connectivity index (χ3v) is 4.79. The number of aryl methyl sites for hydroxylation is 1. The number of carbonyl (C=O) groups is 2. The Labute approximate surface area is 148 Å². The van der Waals surface area contributed by atoms with Crippen molar-refractivity contribution in [1.29, 1.82) is 0 Å². The lowest BCUT2D eigenvalue weighted by atomic mass is 10.1. The first-order valence-electron chi connectivity index (χ1n) is 8.99. The molecule has 1 fully saturated rings. The molecular weight excluding hydrogens is 316 g/mol. The fourth-order valence-electron chi connectivity index (χ4n) is 3.17. The van der Waals surface area contributed by atoms with E-state index in [0.29, 0.717) is 13.0 Å². The lowest BCUT2D eigenvalue weighted by Gasteiger charge is -2.26. The number of imidazole rings is 1. The van der Waals surface area contributed by atoms with E-state index >= 15 is 0 Å². The summed E-state index contributed by atoms with van der Waals surface area (Å²) in [6.45, 7) is 5.31. The molecule has 2 aromatic rings. The Morgan fingerprint density at radius 1 is 1.32 bits per heavy atom. The lowest BCUT2D eigenvalue weighted by Crippen LogP contribution is -2.36. The molecule has 0 saturated carbocycles. The van der Waals surface area contributed by atoms with Crippen molar-refractivity contribution in [3.63, 3.8) is 0 Å². The summed E-state index contributed by atoms with van der Waals surface area (Å²) >= 11 is 0. The van der Waals surface area contributed by atoms with Crippen LogP contribution in [0.1, 0.15) is 38.9 Å². The van der Waals surface area contributed by atoms with Crippen LogP contribution in [0.2, 0.25) is 0 Å². The summed E-state index contributed by atoms with van der Waals surface area (Å²) in [5.74, 6) is 1.15. The highest BCUT2D eigenvalue weighted by Crippen LogP contribution is 2.21. The van der Waals surface area contributed by atoms with Crippen LogP contribution in [0.5, 0.6) is 0 Å². The SMILES string of the molecule is CC(C)C(=O)Nc1ccc2c(c1)nc(CCN1CCCCC1=O)n2C. The van der Waals surface area contributed by atoms with Gasteiger partial charge in [0.25, 0.3) is 0 Å². The largest absolute Gasteiger partial charge is 0.342 e. The van der Waals surface area contributed by atoms with Crippen LogP contribution in [0.3, 0.4) is 0 Å². The van der Waals surface area contributed by atoms with E-state index < -0.39 is 0 Å². The molecule has 6 heteroatoms. The fourth-order valence-corrected chi connectivity index (χ4v) is 3.17. The highest BCUT2D eigenvalue weighted by atomic mass is 16.2. The molecule has 25 heavy (non-hydrogen) atoms. The molecular formula is C19H26N4O2. The minimum absolute atomic E-state index is 0.000819. The molecule has 1 aromatic heterocycles. The molecule has 0 radical (unpaired) electrons. The van der Waals surface area contributed by atoms with Crippen molar-refractivity contribution in [1.82, 2.24) is 14.5 Å². The molecule has 6 nitrogen and oxygen atoms in total. The predicted molar refractivity (Wildman–Crippen MR) is 98.3 cm³/mol. The van der Waals surface area contributed by atoms with Gasteiger partial charge in [0.2, 0.25) is 11.8 Å². The van der Waals surface area contributed by atoms with Gasteiger partial charge in [-0.05, 0) is 31.0 Å². The van der Waals surface area contributed by atoms with Crippen LogP contribution < -0.4 is 5.32 Å². The maximum absolute atomic E-state index is 11.9. The Balaban J connectivity index is 1.74. The van der Waals surface area contributed by atoms with Crippen LogP contribution in [0.15, 0.2) is 18.2 Å². The van der Waals surface area contributed by atoms with Crippen LogP contribution in [-0.4, -0.2) is 39.4 Å². The van der Waals surface area contributed by atoms with E-state index in [0.717, 1.165) is 48.4 Å². The topological polar surface area (TPSA) is 67.2 Å². The van der Waals surface area contributed by atoms with Crippen LogP contribution in [0, 0.1) is 5.92 Å². The number of nitrogens with zero attached hydrogens (tertiary/aromatic N) is 3. The van der Waals surface area contributed by atoms with Gasteiger partial charge in [-0.3, -0.25) is 9.59 Å². The second-order valence-electron chi connectivity index (χ2n) is 7.02. The molecule has 0 unspecified atom stereocenters. The molecule has 3 rings (SSSR count). The fraction of sp³-hybridized carbons (Fsp3) is 0.526. The summed E-state index contributed by atoms with van der Waals surface area (Å²) in [5, 5.41) is 2.91. The number of amides is 2. The van der Waals surface area contributed by atoms with Gasteiger partial charge in [-0.1, -0.05) is 13.8 Å². The maximum atomic E-state index is 11.9. The summed E-state index contributed by atoms with van der Waals surface area (Å²) in [6, 6.07) is 5.79. The van der Waals surface area contributed by atoms with E-state index in [1.54, 1.807) is 0 Å². The first-order chi connectivity index (χ1) is 12.0. The lowest BCUT2D eigenvalue weighted by molar-refractivity contribution is -0.133. The normalized spacial score (nSPS) is 15.2. The average Bonchev–Trinajstić information content (AvgIpc) is 2.89. The van der Waals surface area contributed by atoms with Gasteiger partial charge in [0, 0.05) is 44.6 Å². The molecule has 0 bridgehead atoms. The number of piperidine rings is 1. The van der Waals surface area contributed by atoms with Crippen molar-refractivity contribution in [3.8, 4) is 0 Å². The van der Waals surface area contributed by atoms with Crippen LogP contribution in [-0.2, 0) is 23.1 Å². The minimum Gasteiger partial charge on any atom is -0.342 e. The van der Waals surface area contributed by atoms with E-state index in [4.69, 9.17) is 4.98 Å². The van der Waals surface area contributed by atoms with Crippen molar-refractivity contribution in [2.45, 2.75) is 39.5 Å². The van der Waals surface area contributed by atoms with Crippen LogP contribution >= 0.6 is 0 Å². The van der Waals surface area contributed by atoms with Crippen LogP contribution in [0.4, 0.5) is 5.69 Å². The van der Waals surface area contributed by atoms with Gasteiger partial charge in [0.05, 0.1) is 11.0 Å². The van der Waals surface area contributed by atoms with E-state index in [9.17, 15) is 9.59 Å². The molecule has 2 heterocycles. The van der Waals surface area contributed by atoms with Gasteiger partial charge in [0.1, 0.15) is 5.82 Å². The van der Waals surface area contributed by atoms with E-state index in [1.165, 1.54) is 0 Å². The Bertz CT molecular complexity index is 794. The standard InChI is InChI=1S/C19H26N4O2/c1-13(2)19(25)20-14-7-8-16-15(12-14)21-17(22(16)3)9-11-23-10-5-4-6-18(23)24/h7-8,12-13H,4-6,9-11H2,1-3H3,(H,20,25). The Morgan fingerprint density at radius 3 is 2.84 bits per heavy atom. The first kappa shape index (κ1) is 17.5. The van der Waals surface area contributed by atoms with Crippen LogP contribution in [0.25, 0.3) is 11.0 Å². The number of aromatic nitrogens is 2. The predicted octanol–water partition coefficient (Wildman–Crippen LogP) is 2.72. The number of carbonyl (C=O) groups excluding carboxylic acids is 2. The Kier molecular flexibility index (Phi) is 5.06. The zero-order valence-electron chi connectivity index (χ0n) is 15.2. The minimum atomic E-state index is -0.0583. The molecule has 1 saturated heterocycles. The van der Waals surface area contributed by atoms with Gasteiger partial charge in [0.15, 0.2) is 0 Å². The van der Waals surface area contributed by atoms with Gasteiger partial charge >= 0.3 is 0 Å². The van der Waals surface area contributed by atoms with E-state index in [1.807, 2.05) is 44.0 Å². The molecule has 0 spiro atoms. The molecule has 1 aliphatic rings. The van der Waals surface area contributed by atoms with Gasteiger partial charge in [-0.2, -0.15) is 0 Å². The zero-order chi connectivity index (χ0) is 18.0. The summed E-state index contributed by atoms with van der Waals surface area (Å²) in [7, 11) is 2.00. The average molecular weight is 342 g/mol. The monoisotopic (exact) mass is 342 g/mol. The van der Waals surface area contributed by atoms with Crippen molar-refractivity contribution in [2.75, 3.05) is 18.4 Å². The number of fused-ring (bicyclic) bond motifs is 1. The summed E-state index contributed by atoms with van der Waals surface area (Å²) in [5.41, 5.74) is 2.66. The Morgan fingerprint density at radius 2 is 2.12 bits per heavy atom. The smallest absolute Gasteiger partial charge is 0.226 e. The molecule has 0 aliphatic carbocycles. The number of hydrogen-bond acceptors (Lipinski definition) is 3. The van der Waals surface area contributed by atoms with Crippen molar-refractivity contribution in [3.05, 3.63) is 24.0 Å². The van der Waals surface area contributed by atoms with E-state index in [-0.39, 0.29) is 17.7 Å². The third kappa shape index (κ3) is 3.83. The summed E-state index contributed by atoms with van der Waals surface area (Å²) < 4.78 is 2.07. The Hall–Kier alpha value is -2.37.